The van der Waals surface area contributed by atoms with E-state index in [2.05, 4.69) is 39.0 Å². The van der Waals surface area contributed by atoms with Crippen LogP contribution in [-0.2, 0) is 0 Å². The van der Waals surface area contributed by atoms with Crippen molar-refractivity contribution >= 4 is 5.57 Å². The second kappa shape index (κ2) is 3.25. The number of nitrogens with two attached hydrogens (primary N) is 1. The Labute approximate surface area is 85.6 Å². The Morgan fingerprint density at radius 2 is 1.86 bits per heavy atom. The average Bonchev–Trinajstić information content (AvgIpc) is 2.50. The molecule has 0 amide bonds. The second-order valence-electron chi connectivity index (χ2n) is 4.17. The maximum Gasteiger partial charge on any atom is 0.0181 e. The molecule has 74 valence electrons. The number of allylic oxidation sites excluding steroid dienone is 1. The Morgan fingerprint density at radius 1 is 1.21 bits per heavy atom. The minimum atomic E-state index is 0.531. The van der Waals surface area contributed by atoms with Gasteiger partial charge >= 0.3 is 0 Å². The van der Waals surface area contributed by atoms with Gasteiger partial charge in [-0.1, -0.05) is 25.1 Å². The minimum Gasteiger partial charge on any atom is -0.326 e. The van der Waals surface area contributed by atoms with Gasteiger partial charge in [0.05, 0.1) is 0 Å². The molecule has 1 aromatic rings. The lowest BCUT2D eigenvalue weighted by Gasteiger charge is -2.12. The molecule has 0 heterocycles. The Morgan fingerprint density at radius 3 is 2.50 bits per heavy atom. The van der Waals surface area contributed by atoms with E-state index in [9.17, 15) is 0 Å². The maximum absolute atomic E-state index is 5.76. The Kier molecular flexibility index (Phi) is 2.20. The molecule has 1 aliphatic carbocycles. The summed E-state index contributed by atoms with van der Waals surface area (Å²) in [5, 5.41) is 0. The molecule has 1 aromatic carbocycles. The summed E-state index contributed by atoms with van der Waals surface area (Å²) in [6.45, 7) is 7.25. The van der Waals surface area contributed by atoms with Crippen molar-refractivity contribution in [2.24, 2.45) is 5.73 Å². The van der Waals surface area contributed by atoms with Gasteiger partial charge in [-0.05, 0) is 41.7 Å². The molecule has 0 fully saturated rings. The molecule has 0 saturated heterocycles. The Hall–Kier alpha value is -1.08. The highest BCUT2D eigenvalue weighted by atomic mass is 14.5. The lowest BCUT2D eigenvalue weighted by atomic mass is 9.93. The minimum absolute atomic E-state index is 0.531. The number of rotatable bonds is 1. The molecule has 0 aliphatic heterocycles. The van der Waals surface area contributed by atoms with Crippen LogP contribution in [0.15, 0.2) is 18.2 Å². The molecule has 1 heteroatoms. The van der Waals surface area contributed by atoms with Crippen molar-refractivity contribution < 1.29 is 0 Å². The van der Waals surface area contributed by atoms with Crippen LogP contribution in [0.5, 0.6) is 0 Å². The molecule has 1 unspecified atom stereocenters. The summed E-state index contributed by atoms with van der Waals surface area (Å²) in [7, 11) is 0. The molecule has 0 bridgehead atoms. The van der Waals surface area contributed by atoms with Gasteiger partial charge in [0.15, 0.2) is 0 Å². The molecular formula is C13H17N. The topological polar surface area (TPSA) is 26.0 Å². The summed E-state index contributed by atoms with van der Waals surface area (Å²) < 4.78 is 0. The first-order valence-electron chi connectivity index (χ1n) is 5.16. The van der Waals surface area contributed by atoms with Gasteiger partial charge in [0.1, 0.15) is 0 Å². The van der Waals surface area contributed by atoms with Crippen molar-refractivity contribution in [1.82, 2.24) is 0 Å². The van der Waals surface area contributed by atoms with Crippen molar-refractivity contribution in [2.45, 2.75) is 26.7 Å². The first-order chi connectivity index (χ1) is 6.65. The molecule has 2 rings (SSSR count). The molecule has 2 N–H and O–H groups in total. The number of hydrogen-bond acceptors (Lipinski definition) is 1. The van der Waals surface area contributed by atoms with Crippen molar-refractivity contribution in [3.8, 4) is 0 Å². The van der Waals surface area contributed by atoms with E-state index in [0.29, 0.717) is 12.5 Å². The van der Waals surface area contributed by atoms with Crippen molar-refractivity contribution in [1.29, 1.82) is 0 Å². The Balaban J connectivity index is 2.68. The second-order valence-corrected chi connectivity index (χ2v) is 4.17. The Bertz CT molecular complexity index is 402. The molecule has 1 aliphatic rings. The van der Waals surface area contributed by atoms with E-state index in [1.54, 1.807) is 0 Å². The highest BCUT2D eigenvalue weighted by molar-refractivity contribution is 5.78. The van der Waals surface area contributed by atoms with Crippen LogP contribution < -0.4 is 5.73 Å². The van der Waals surface area contributed by atoms with Gasteiger partial charge in [-0.2, -0.15) is 0 Å². The van der Waals surface area contributed by atoms with Crippen LogP contribution in [-0.4, -0.2) is 6.54 Å². The summed E-state index contributed by atoms with van der Waals surface area (Å²) in [6.07, 6.45) is 2.30. The van der Waals surface area contributed by atoms with Crippen LogP contribution >= 0.6 is 0 Å². The van der Waals surface area contributed by atoms with Crippen LogP contribution in [0.25, 0.3) is 5.57 Å². The van der Waals surface area contributed by atoms with Crippen molar-refractivity contribution in [3.05, 3.63) is 40.5 Å². The normalized spacial score (nSPS) is 19.4. The van der Waals surface area contributed by atoms with E-state index < -0.39 is 0 Å². The SMILES string of the molecule is Cc1ccc(C)c2c1C(CN)=CC2C. The highest BCUT2D eigenvalue weighted by Gasteiger charge is 2.22. The zero-order valence-corrected chi connectivity index (χ0v) is 9.09. The smallest absolute Gasteiger partial charge is 0.0181 e. The summed E-state index contributed by atoms with van der Waals surface area (Å²) in [5.74, 6) is 0.531. The lowest BCUT2D eigenvalue weighted by Crippen LogP contribution is -2.03. The van der Waals surface area contributed by atoms with Gasteiger partial charge in [-0.15, -0.1) is 0 Å². The number of hydrogen-bond donors (Lipinski definition) is 1. The van der Waals surface area contributed by atoms with Crippen LogP contribution in [0, 0.1) is 13.8 Å². The van der Waals surface area contributed by atoms with E-state index in [1.807, 2.05) is 0 Å². The molecule has 0 saturated carbocycles. The number of fused-ring (bicyclic) bond motifs is 1. The molecule has 0 spiro atoms. The number of aryl methyl sites for hydroxylation is 2. The van der Waals surface area contributed by atoms with Gasteiger partial charge in [-0.3, -0.25) is 0 Å². The summed E-state index contributed by atoms with van der Waals surface area (Å²) >= 11 is 0. The molecule has 14 heavy (non-hydrogen) atoms. The predicted molar refractivity (Wildman–Crippen MR) is 61.4 cm³/mol. The maximum atomic E-state index is 5.76. The largest absolute Gasteiger partial charge is 0.326 e. The van der Waals surface area contributed by atoms with Gasteiger partial charge in [0.25, 0.3) is 0 Å². The molecule has 1 nitrogen and oxygen atoms in total. The molecule has 0 aromatic heterocycles. The van der Waals surface area contributed by atoms with E-state index in [4.69, 9.17) is 5.73 Å². The standard InChI is InChI=1S/C13H17N/c1-8-4-5-9(2)13-11(7-14)6-10(3)12(8)13/h4-6,10H,7,14H2,1-3H3. The van der Waals surface area contributed by atoms with Crippen molar-refractivity contribution in [3.63, 3.8) is 0 Å². The van der Waals surface area contributed by atoms with Gasteiger partial charge in [-0.25, -0.2) is 0 Å². The predicted octanol–water partition coefficient (Wildman–Crippen LogP) is 2.76. The molecule has 1 atom stereocenters. The van der Waals surface area contributed by atoms with Gasteiger partial charge in [0.2, 0.25) is 0 Å². The average molecular weight is 187 g/mol. The van der Waals surface area contributed by atoms with Gasteiger partial charge < -0.3 is 5.73 Å². The fourth-order valence-electron chi connectivity index (χ4n) is 2.48. The van der Waals surface area contributed by atoms with E-state index in [-0.39, 0.29) is 0 Å². The fraction of sp³-hybridized carbons (Fsp3) is 0.385. The van der Waals surface area contributed by atoms with Gasteiger partial charge in [0, 0.05) is 12.5 Å². The molecular weight excluding hydrogens is 170 g/mol. The summed E-state index contributed by atoms with van der Waals surface area (Å²) in [4.78, 5) is 0. The third-order valence-electron chi connectivity index (χ3n) is 3.12. The van der Waals surface area contributed by atoms with E-state index >= 15 is 0 Å². The zero-order chi connectivity index (χ0) is 10.3. The van der Waals surface area contributed by atoms with Crippen LogP contribution in [0.2, 0.25) is 0 Å². The molecule has 0 radical (unpaired) electrons. The highest BCUT2D eigenvalue weighted by Crippen LogP contribution is 2.38. The van der Waals surface area contributed by atoms with Crippen LogP contribution in [0.4, 0.5) is 0 Å². The first kappa shape index (κ1) is 9.47. The third-order valence-corrected chi connectivity index (χ3v) is 3.12. The van der Waals surface area contributed by atoms with Crippen LogP contribution in [0.1, 0.15) is 35.1 Å². The van der Waals surface area contributed by atoms with E-state index in [1.165, 1.54) is 27.8 Å². The zero-order valence-electron chi connectivity index (χ0n) is 9.09. The summed E-state index contributed by atoms with van der Waals surface area (Å²) in [6, 6.07) is 4.40. The summed E-state index contributed by atoms with van der Waals surface area (Å²) in [5.41, 5.74) is 12.7. The number of benzene rings is 1. The fourth-order valence-corrected chi connectivity index (χ4v) is 2.48. The first-order valence-corrected chi connectivity index (χ1v) is 5.16. The quantitative estimate of drug-likeness (QED) is 0.718. The van der Waals surface area contributed by atoms with E-state index in [0.717, 1.165) is 0 Å². The van der Waals surface area contributed by atoms with Crippen LogP contribution in [0.3, 0.4) is 0 Å². The lowest BCUT2D eigenvalue weighted by molar-refractivity contribution is 0.971. The third kappa shape index (κ3) is 1.20. The van der Waals surface area contributed by atoms with Crippen molar-refractivity contribution in [2.75, 3.05) is 6.54 Å². The monoisotopic (exact) mass is 187 g/mol.